The highest BCUT2D eigenvalue weighted by atomic mass is 16.5. The topological polar surface area (TPSA) is 32.7 Å². The highest BCUT2D eigenvalue weighted by Gasteiger charge is 2.35. The average molecular weight is 396 g/mol. The molecule has 0 radical (unpaired) electrons. The van der Waals surface area contributed by atoms with Gasteiger partial charge in [-0.2, -0.15) is 0 Å². The van der Waals surface area contributed by atoms with Crippen molar-refractivity contribution in [3.8, 4) is 11.5 Å². The second-order valence-electron chi connectivity index (χ2n) is 8.07. The minimum absolute atomic E-state index is 0.0529. The fourth-order valence-electron chi connectivity index (χ4n) is 4.57. The summed E-state index contributed by atoms with van der Waals surface area (Å²) in [4.78, 5) is 2.42. The number of nitrogens with zero attached hydrogens (tertiary/aromatic N) is 1. The van der Waals surface area contributed by atoms with Gasteiger partial charge in [-0.25, -0.2) is 0 Å². The van der Waals surface area contributed by atoms with Gasteiger partial charge in [0.15, 0.2) is 0 Å². The first-order valence-corrected chi connectivity index (χ1v) is 10.4. The van der Waals surface area contributed by atoms with E-state index in [1.54, 1.807) is 6.07 Å². The van der Waals surface area contributed by atoms with E-state index in [4.69, 9.17) is 4.74 Å². The Hall–Kier alpha value is -3.30. The number of phenols is 1. The molecule has 0 saturated carbocycles. The Balaban J connectivity index is 1.73. The summed E-state index contributed by atoms with van der Waals surface area (Å²) in [7, 11) is 0. The van der Waals surface area contributed by atoms with E-state index in [1.165, 1.54) is 16.7 Å². The van der Waals surface area contributed by atoms with Crippen LogP contribution in [0.4, 0.5) is 0 Å². The molecule has 30 heavy (non-hydrogen) atoms. The van der Waals surface area contributed by atoms with Crippen LogP contribution in [0.5, 0.6) is 11.5 Å². The maximum absolute atomic E-state index is 10.0. The number of aryl methyl sites for hydroxylation is 1. The van der Waals surface area contributed by atoms with Gasteiger partial charge in [-0.1, -0.05) is 72.3 Å². The van der Waals surface area contributed by atoms with Crippen LogP contribution in [0.25, 0.3) is 10.8 Å². The maximum Gasteiger partial charge on any atom is 0.143 e. The molecule has 0 saturated heterocycles. The molecule has 1 heterocycles. The van der Waals surface area contributed by atoms with E-state index in [1.807, 2.05) is 24.3 Å². The van der Waals surface area contributed by atoms with Crippen LogP contribution in [0.3, 0.4) is 0 Å². The molecule has 1 aliphatic rings. The van der Waals surface area contributed by atoms with Gasteiger partial charge < -0.3 is 9.84 Å². The lowest BCUT2D eigenvalue weighted by Crippen LogP contribution is -2.39. The van der Waals surface area contributed by atoms with Crippen molar-refractivity contribution < 1.29 is 9.84 Å². The molecule has 0 unspecified atom stereocenters. The van der Waals surface area contributed by atoms with Crippen LogP contribution < -0.4 is 4.74 Å². The van der Waals surface area contributed by atoms with Crippen LogP contribution in [0.1, 0.15) is 41.3 Å². The summed E-state index contributed by atoms with van der Waals surface area (Å²) in [5.41, 5.74) is 4.92. The number of hydrogen-bond acceptors (Lipinski definition) is 3. The van der Waals surface area contributed by atoms with Crippen molar-refractivity contribution in [1.82, 2.24) is 4.90 Å². The van der Waals surface area contributed by atoms with Gasteiger partial charge in [0.05, 0.1) is 6.04 Å². The fourth-order valence-corrected chi connectivity index (χ4v) is 4.57. The number of rotatable bonds is 3. The van der Waals surface area contributed by atoms with E-state index in [0.717, 1.165) is 22.1 Å². The normalized spacial score (nSPS) is 17.3. The Bertz CT molecular complexity index is 1200. The zero-order chi connectivity index (χ0) is 20.7. The van der Waals surface area contributed by atoms with Gasteiger partial charge in [0.25, 0.3) is 0 Å². The molecule has 2 atom stereocenters. The Morgan fingerprint density at radius 3 is 2.57 bits per heavy atom. The predicted octanol–water partition coefficient (Wildman–Crippen LogP) is 6.36. The van der Waals surface area contributed by atoms with Crippen molar-refractivity contribution in [3.05, 3.63) is 107 Å². The van der Waals surface area contributed by atoms with Gasteiger partial charge in [0.2, 0.25) is 0 Å². The first-order chi connectivity index (χ1) is 14.6. The van der Waals surface area contributed by atoms with Gasteiger partial charge in [-0.05, 0) is 53.9 Å². The molecule has 0 aliphatic carbocycles. The fraction of sp³-hybridized carbons (Fsp3) is 0.185. The van der Waals surface area contributed by atoms with Crippen LogP contribution >= 0.6 is 0 Å². The van der Waals surface area contributed by atoms with Crippen molar-refractivity contribution in [2.45, 2.75) is 25.9 Å². The summed E-state index contributed by atoms with van der Waals surface area (Å²) < 4.78 is 6.26. The smallest absolute Gasteiger partial charge is 0.143 e. The van der Waals surface area contributed by atoms with Gasteiger partial charge in [0.1, 0.15) is 18.2 Å². The van der Waals surface area contributed by atoms with E-state index in [2.05, 4.69) is 73.3 Å². The minimum atomic E-state index is 0.0529. The zero-order valence-electron chi connectivity index (χ0n) is 17.2. The number of ether oxygens (including phenoxy) is 1. The van der Waals surface area contributed by atoms with E-state index in [-0.39, 0.29) is 17.8 Å². The van der Waals surface area contributed by atoms with E-state index in [9.17, 15) is 5.11 Å². The molecule has 0 amide bonds. The average Bonchev–Trinajstić information content (AvgIpc) is 2.78. The molecule has 3 heteroatoms. The summed E-state index contributed by atoms with van der Waals surface area (Å²) >= 11 is 0. The molecular formula is C27H25NO2. The van der Waals surface area contributed by atoms with Gasteiger partial charge in [0, 0.05) is 11.6 Å². The van der Waals surface area contributed by atoms with Crippen LogP contribution in [0.15, 0.2) is 84.9 Å². The van der Waals surface area contributed by atoms with E-state index in [0.29, 0.717) is 6.73 Å². The standard InChI is InChI=1S/C27H25NO2/c1-18-7-6-10-22(15-18)27-26-24-13-12-23(29)16-21(24)11-14-25(26)30-17-28(27)19(2)20-8-4-3-5-9-20/h3-16,19,27,29H,17H2,1-2H3/t19-,27-/m0/s1. The molecule has 4 aromatic rings. The largest absolute Gasteiger partial charge is 0.508 e. The van der Waals surface area contributed by atoms with Gasteiger partial charge >= 0.3 is 0 Å². The SMILES string of the molecule is Cc1cccc([C@H]2c3c(ccc4cc(O)ccc34)OCN2[C@@H](C)c2ccccc2)c1. The van der Waals surface area contributed by atoms with Crippen LogP contribution in [0, 0.1) is 6.92 Å². The molecule has 4 aromatic carbocycles. The third kappa shape index (κ3) is 3.21. The molecule has 3 nitrogen and oxygen atoms in total. The van der Waals surface area contributed by atoms with Crippen molar-refractivity contribution in [2.24, 2.45) is 0 Å². The van der Waals surface area contributed by atoms with Crippen molar-refractivity contribution in [3.63, 3.8) is 0 Å². The predicted molar refractivity (Wildman–Crippen MR) is 121 cm³/mol. The first kappa shape index (κ1) is 18.7. The van der Waals surface area contributed by atoms with Crippen molar-refractivity contribution in [2.75, 3.05) is 6.73 Å². The Morgan fingerprint density at radius 2 is 1.77 bits per heavy atom. The van der Waals surface area contributed by atoms with Crippen molar-refractivity contribution >= 4 is 10.8 Å². The van der Waals surface area contributed by atoms with Gasteiger partial charge in [-0.15, -0.1) is 0 Å². The van der Waals surface area contributed by atoms with E-state index < -0.39 is 0 Å². The van der Waals surface area contributed by atoms with Crippen LogP contribution in [0.2, 0.25) is 0 Å². The minimum Gasteiger partial charge on any atom is -0.508 e. The molecule has 5 rings (SSSR count). The van der Waals surface area contributed by atoms with Crippen LogP contribution in [-0.2, 0) is 0 Å². The number of fused-ring (bicyclic) bond motifs is 3. The molecular weight excluding hydrogens is 370 g/mol. The molecule has 0 aromatic heterocycles. The quantitative estimate of drug-likeness (QED) is 0.438. The number of aromatic hydroxyl groups is 1. The van der Waals surface area contributed by atoms with Crippen molar-refractivity contribution in [1.29, 1.82) is 0 Å². The Labute approximate surface area is 177 Å². The first-order valence-electron chi connectivity index (χ1n) is 10.4. The second kappa shape index (κ2) is 7.51. The van der Waals surface area contributed by atoms with Crippen LogP contribution in [-0.4, -0.2) is 16.7 Å². The van der Waals surface area contributed by atoms with E-state index >= 15 is 0 Å². The highest BCUT2D eigenvalue weighted by Crippen LogP contribution is 2.46. The van der Waals surface area contributed by atoms with Gasteiger partial charge in [-0.3, -0.25) is 4.90 Å². The summed E-state index contributed by atoms with van der Waals surface area (Å²) in [5.74, 6) is 1.19. The summed E-state index contributed by atoms with van der Waals surface area (Å²) in [5, 5.41) is 12.1. The molecule has 0 bridgehead atoms. The molecule has 150 valence electrons. The highest BCUT2D eigenvalue weighted by molar-refractivity contribution is 5.90. The summed E-state index contributed by atoms with van der Waals surface area (Å²) in [6, 6.07) is 29.2. The zero-order valence-corrected chi connectivity index (χ0v) is 17.2. The number of phenolic OH excluding ortho intramolecular Hbond substituents is 1. The number of hydrogen-bond donors (Lipinski definition) is 1. The number of benzene rings is 4. The molecule has 1 aliphatic heterocycles. The third-order valence-corrected chi connectivity index (χ3v) is 6.12. The monoisotopic (exact) mass is 395 g/mol. The lowest BCUT2D eigenvalue weighted by Gasteiger charge is -2.41. The summed E-state index contributed by atoms with van der Waals surface area (Å²) in [6.45, 7) is 4.89. The lowest BCUT2D eigenvalue weighted by molar-refractivity contribution is 0.0411. The Kier molecular flexibility index (Phi) is 4.68. The second-order valence-corrected chi connectivity index (χ2v) is 8.07. The maximum atomic E-state index is 10.0. The summed E-state index contributed by atoms with van der Waals surface area (Å²) in [6.07, 6.45) is 0. The third-order valence-electron chi connectivity index (χ3n) is 6.12. The molecule has 0 fully saturated rings. The Morgan fingerprint density at radius 1 is 0.933 bits per heavy atom. The molecule has 1 N–H and O–H groups in total. The molecule has 0 spiro atoms. The lowest BCUT2D eigenvalue weighted by atomic mass is 9.88.